The van der Waals surface area contributed by atoms with Gasteiger partial charge in [0.2, 0.25) is 0 Å². The second-order valence-electron chi connectivity index (χ2n) is 11.1. The lowest BCUT2D eigenvalue weighted by atomic mass is 9.91. The third-order valence-corrected chi connectivity index (χ3v) is 7.93. The Morgan fingerprint density at radius 3 is 2.74 bits per heavy atom. The van der Waals surface area contributed by atoms with Crippen LogP contribution in [-0.4, -0.2) is 70.7 Å². The van der Waals surface area contributed by atoms with E-state index in [0.29, 0.717) is 57.0 Å². The highest BCUT2D eigenvalue weighted by molar-refractivity contribution is 5.64. The number of halogens is 2. The van der Waals surface area contributed by atoms with Crippen molar-refractivity contribution in [1.82, 2.24) is 19.6 Å². The van der Waals surface area contributed by atoms with Crippen molar-refractivity contribution in [2.75, 3.05) is 37.8 Å². The van der Waals surface area contributed by atoms with Gasteiger partial charge in [-0.15, -0.1) is 0 Å². The van der Waals surface area contributed by atoms with Crippen LogP contribution >= 0.6 is 0 Å². The molecule has 0 radical (unpaired) electrons. The smallest absolute Gasteiger partial charge is 0.139 e. The molecule has 4 aromatic rings. The third-order valence-electron chi connectivity index (χ3n) is 7.93. The molecule has 2 fully saturated rings. The molecular formula is C31H33F2N7O3. The Morgan fingerprint density at radius 1 is 1.16 bits per heavy atom. The van der Waals surface area contributed by atoms with E-state index >= 15 is 8.78 Å². The molecule has 1 aromatic carbocycles. The van der Waals surface area contributed by atoms with Crippen LogP contribution in [-0.2, 0) is 15.9 Å². The Labute approximate surface area is 248 Å². The first kappa shape index (κ1) is 28.9. The number of anilines is 1. The van der Waals surface area contributed by atoms with E-state index in [1.807, 2.05) is 6.07 Å². The number of hydrogen-bond donors (Lipinski definition) is 1. The van der Waals surface area contributed by atoms with Gasteiger partial charge < -0.3 is 24.8 Å². The van der Waals surface area contributed by atoms with Crippen molar-refractivity contribution < 1.29 is 23.0 Å². The van der Waals surface area contributed by atoms with Crippen LogP contribution in [0, 0.1) is 28.9 Å². The Hall–Kier alpha value is -4.18. The zero-order valence-corrected chi connectivity index (χ0v) is 23.8. The molecule has 5 heterocycles. The first-order valence-electron chi connectivity index (χ1n) is 14.4. The standard InChI is InChI=1S/C31H33F2N7O3/c1-19-16-39(17-26(35)31(19)42-9-2-7-34)28-5-8-36-14-20(28)11-29-37-15-21-3-4-27(38-40(21)29)30-24(32)12-23(13-25(30)33)43-22-6-10-41-18-22/h3-5,8,12-15,19,22,26,31H,2,6,9-11,16-18,35H2,1H3/t19-,22?,26+,31-/m0/s1. The summed E-state index contributed by atoms with van der Waals surface area (Å²) in [7, 11) is 0. The van der Waals surface area contributed by atoms with E-state index < -0.39 is 11.6 Å². The molecule has 0 spiro atoms. The number of fused-ring (bicyclic) bond motifs is 1. The van der Waals surface area contributed by atoms with Gasteiger partial charge in [0.25, 0.3) is 0 Å². The van der Waals surface area contributed by atoms with Gasteiger partial charge >= 0.3 is 0 Å². The van der Waals surface area contributed by atoms with Gasteiger partial charge in [-0.2, -0.15) is 10.4 Å². The summed E-state index contributed by atoms with van der Waals surface area (Å²) in [5.41, 5.74) is 9.01. The van der Waals surface area contributed by atoms with Crippen LogP contribution in [0.3, 0.4) is 0 Å². The third kappa shape index (κ3) is 6.15. The van der Waals surface area contributed by atoms with Gasteiger partial charge in [0, 0.05) is 73.7 Å². The fourth-order valence-electron chi connectivity index (χ4n) is 5.91. The van der Waals surface area contributed by atoms with Crippen LogP contribution in [0.15, 0.2) is 48.9 Å². The highest BCUT2D eigenvalue weighted by atomic mass is 19.1. The summed E-state index contributed by atoms with van der Waals surface area (Å²) in [6, 6.07) is 9.51. The minimum Gasteiger partial charge on any atom is -0.488 e. The number of nitrogens with zero attached hydrogens (tertiary/aromatic N) is 6. The molecule has 1 unspecified atom stereocenters. The van der Waals surface area contributed by atoms with Gasteiger partial charge in [-0.25, -0.2) is 18.3 Å². The molecule has 12 heteroatoms. The fraction of sp³-hybridized carbons (Fsp3) is 0.419. The molecule has 0 amide bonds. The van der Waals surface area contributed by atoms with Crippen molar-refractivity contribution in [3.63, 3.8) is 0 Å². The number of pyridine rings is 1. The lowest BCUT2D eigenvalue weighted by molar-refractivity contribution is -0.00335. The zero-order chi connectivity index (χ0) is 29.9. The molecule has 2 aliphatic heterocycles. The Bertz CT molecular complexity index is 1600. The molecule has 10 nitrogen and oxygen atoms in total. The van der Waals surface area contributed by atoms with Crippen molar-refractivity contribution in [3.8, 4) is 23.1 Å². The first-order valence-corrected chi connectivity index (χ1v) is 14.4. The molecule has 0 saturated carbocycles. The largest absolute Gasteiger partial charge is 0.488 e. The van der Waals surface area contributed by atoms with Crippen molar-refractivity contribution in [1.29, 1.82) is 5.26 Å². The monoisotopic (exact) mass is 589 g/mol. The van der Waals surface area contributed by atoms with Crippen LogP contribution in [0.5, 0.6) is 5.75 Å². The summed E-state index contributed by atoms with van der Waals surface area (Å²) in [4.78, 5) is 11.1. The molecule has 4 atom stereocenters. The van der Waals surface area contributed by atoms with Crippen LogP contribution in [0.2, 0.25) is 0 Å². The zero-order valence-electron chi connectivity index (χ0n) is 23.8. The van der Waals surface area contributed by atoms with Crippen LogP contribution in [0.4, 0.5) is 14.5 Å². The topological polar surface area (TPSA) is 124 Å². The fourth-order valence-corrected chi connectivity index (χ4v) is 5.91. The number of piperidine rings is 1. The lowest BCUT2D eigenvalue weighted by Crippen LogP contribution is -2.57. The Balaban J connectivity index is 1.24. The second kappa shape index (κ2) is 12.6. The van der Waals surface area contributed by atoms with Crippen LogP contribution in [0.25, 0.3) is 16.8 Å². The molecule has 2 aliphatic rings. The number of aromatic nitrogens is 4. The Kier molecular flexibility index (Phi) is 8.47. The molecule has 43 heavy (non-hydrogen) atoms. The maximum Gasteiger partial charge on any atom is 0.139 e. The molecule has 3 aromatic heterocycles. The highest BCUT2D eigenvalue weighted by Crippen LogP contribution is 2.31. The molecule has 2 saturated heterocycles. The van der Waals surface area contributed by atoms with Crippen LogP contribution < -0.4 is 15.4 Å². The van der Waals surface area contributed by atoms with E-state index in [9.17, 15) is 0 Å². The minimum absolute atomic E-state index is 0.120. The predicted octanol–water partition coefficient (Wildman–Crippen LogP) is 3.91. The van der Waals surface area contributed by atoms with Gasteiger partial charge in [0.15, 0.2) is 0 Å². The van der Waals surface area contributed by atoms with E-state index in [2.05, 4.69) is 33.0 Å². The molecule has 2 N–H and O–H groups in total. The second-order valence-corrected chi connectivity index (χ2v) is 11.1. The number of rotatable bonds is 9. The van der Waals surface area contributed by atoms with Crippen molar-refractivity contribution in [3.05, 3.63) is 71.9 Å². The first-order chi connectivity index (χ1) is 20.9. The summed E-state index contributed by atoms with van der Waals surface area (Å²) in [5, 5.41) is 13.4. The maximum atomic E-state index is 15.2. The molecule has 224 valence electrons. The van der Waals surface area contributed by atoms with Gasteiger partial charge in [0.05, 0.1) is 61.4 Å². The average Bonchev–Trinajstić information content (AvgIpc) is 3.64. The van der Waals surface area contributed by atoms with E-state index in [-0.39, 0.29) is 41.2 Å². The van der Waals surface area contributed by atoms with Crippen molar-refractivity contribution in [2.45, 2.75) is 44.4 Å². The SMILES string of the molecule is C[C@H]1CN(c2ccncc2Cc2ncc3ccc(-c4c(F)cc(OC5CCOC5)cc4F)nn23)C[C@@H](N)[C@H]1OCCC#N. The number of nitrogens with two attached hydrogens (primary N) is 1. The van der Waals surface area contributed by atoms with E-state index in [4.69, 9.17) is 25.2 Å². The summed E-state index contributed by atoms with van der Waals surface area (Å²) in [6.07, 6.45) is 6.24. The summed E-state index contributed by atoms with van der Waals surface area (Å²) < 4.78 is 48.9. The molecular weight excluding hydrogens is 556 g/mol. The average molecular weight is 590 g/mol. The molecule has 6 rings (SSSR count). The van der Waals surface area contributed by atoms with Crippen molar-refractivity contribution in [2.24, 2.45) is 11.7 Å². The van der Waals surface area contributed by atoms with Gasteiger partial charge in [-0.3, -0.25) is 4.98 Å². The number of benzene rings is 1. The van der Waals surface area contributed by atoms with Gasteiger partial charge in [-0.05, 0) is 18.2 Å². The number of imidazole rings is 1. The van der Waals surface area contributed by atoms with Gasteiger partial charge in [-0.1, -0.05) is 6.92 Å². The summed E-state index contributed by atoms with van der Waals surface area (Å²) in [5.74, 6) is -0.660. The number of hydrogen-bond acceptors (Lipinski definition) is 9. The number of nitriles is 1. The molecule has 0 bridgehead atoms. The van der Waals surface area contributed by atoms with Crippen molar-refractivity contribution >= 4 is 11.2 Å². The highest BCUT2D eigenvalue weighted by Gasteiger charge is 2.34. The predicted molar refractivity (Wildman–Crippen MR) is 155 cm³/mol. The maximum absolute atomic E-state index is 15.2. The van der Waals surface area contributed by atoms with E-state index in [0.717, 1.165) is 17.8 Å². The van der Waals surface area contributed by atoms with Gasteiger partial charge in [0.1, 0.15) is 29.3 Å². The minimum atomic E-state index is -0.762. The molecule has 0 aliphatic carbocycles. The Morgan fingerprint density at radius 2 is 2.00 bits per heavy atom. The lowest BCUT2D eigenvalue weighted by Gasteiger charge is -2.42. The van der Waals surface area contributed by atoms with E-state index in [1.54, 1.807) is 35.2 Å². The summed E-state index contributed by atoms with van der Waals surface area (Å²) >= 11 is 0. The van der Waals surface area contributed by atoms with Crippen LogP contribution in [0.1, 0.15) is 31.2 Å². The van der Waals surface area contributed by atoms with E-state index in [1.165, 1.54) is 12.1 Å². The quantitative estimate of drug-likeness (QED) is 0.290. The normalized spacial score (nSPS) is 22.2. The number of ether oxygens (including phenoxy) is 3. The summed E-state index contributed by atoms with van der Waals surface area (Å²) in [6.45, 7) is 4.72.